The van der Waals surface area contributed by atoms with Gasteiger partial charge in [-0.3, -0.25) is 4.21 Å². The average molecular weight is 359 g/mol. The number of carboxylic acids is 1. The lowest BCUT2D eigenvalue weighted by Gasteiger charge is -2.05. The summed E-state index contributed by atoms with van der Waals surface area (Å²) < 4.78 is 23.0. The van der Waals surface area contributed by atoms with Gasteiger partial charge < -0.3 is 14.3 Å². The van der Waals surface area contributed by atoms with Crippen molar-refractivity contribution < 1.29 is 23.3 Å². The lowest BCUT2D eigenvalue weighted by atomic mass is 10.2. The number of rotatable bonds is 5. The molecule has 0 fully saturated rings. The van der Waals surface area contributed by atoms with E-state index in [2.05, 4.69) is 15.9 Å². The van der Waals surface area contributed by atoms with E-state index in [-0.39, 0.29) is 16.6 Å². The first-order valence-electron chi connectivity index (χ1n) is 5.55. The minimum atomic E-state index is -1.44. The summed E-state index contributed by atoms with van der Waals surface area (Å²) in [4.78, 5) is 10.7. The number of hydrogen-bond donors (Lipinski definition) is 1. The van der Waals surface area contributed by atoms with Crippen molar-refractivity contribution in [2.45, 2.75) is 10.8 Å². The Kier molecular flexibility index (Phi) is 4.61. The van der Waals surface area contributed by atoms with E-state index in [9.17, 15) is 9.00 Å². The van der Waals surface area contributed by atoms with Crippen LogP contribution in [0.15, 0.2) is 44.3 Å². The normalized spacial score (nSPS) is 12.1. The molecule has 0 radical (unpaired) electrons. The van der Waals surface area contributed by atoms with Gasteiger partial charge in [-0.05, 0) is 45.8 Å². The Morgan fingerprint density at radius 1 is 1.40 bits per heavy atom. The summed E-state index contributed by atoms with van der Waals surface area (Å²) in [6.07, 6.45) is 0. The molecule has 1 aromatic carbocycles. The molecular weight excluding hydrogens is 348 g/mol. The first-order chi connectivity index (χ1) is 9.51. The zero-order valence-electron chi connectivity index (χ0n) is 10.5. The van der Waals surface area contributed by atoms with Gasteiger partial charge in [0.2, 0.25) is 5.76 Å². The highest BCUT2D eigenvalue weighted by atomic mass is 79.9. The Hall–Kier alpha value is -1.60. The zero-order valence-corrected chi connectivity index (χ0v) is 12.9. The van der Waals surface area contributed by atoms with Crippen LogP contribution in [-0.4, -0.2) is 22.4 Å². The number of ether oxygens (including phenoxy) is 1. The summed E-state index contributed by atoms with van der Waals surface area (Å²) in [5, 5.41) is 8.90. The smallest absolute Gasteiger partial charge is 0.371 e. The standard InChI is InChI=1S/C13H11BrO5S/c1-18-10-3-2-8(6-9(10)14)7-20(17)12-5-4-11(19-12)13(15)16/h2-6H,7H2,1H3,(H,15,16). The molecular formula is C13H11BrO5S. The van der Waals surface area contributed by atoms with Crippen LogP contribution in [0.4, 0.5) is 0 Å². The summed E-state index contributed by atoms with van der Waals surface area (Å²) in [5.41, 5.74) is 0.823. The molecule has 0 spiro atoms. The molecule has 5 nitrogen and oxygen atoms in total. The Labute approximate surface area is 126 Å². The summed E-state index contributed by atoms with van der Waals surface area (Å²) in [6.45, 7) is 0. The SMILES string of the molecule is COc1ccc(CS(=O)c2ccc(C(=O)O)o2)cc1Br. The van der Waals surface area contributed by atoms with Crippen molar-refractivity contribution in [1.82, 2.24) is 0 Å². The van der Waals surface area contributed by atoms with Gasteiger partial charge in [-0.1, -0.05) is 6.07 Å². The van der Waals surface area contributed by atoms with Crippen LogP contribution in [0.2, 0.25) is 0 Å². The first kappa shape index (κ1) is 14.8. The van der Waals surface area contributed by atoms with E-state index in [0.717, 1.165) is 10.0 Å². The van der Waals surface area contributed by atoms with Gasteiger partial charge in [0, 0.05) is 0 Å². The van der Waals surface area contributed by atoms with E-state index in [4.69, 9.17) is 14.3 Å². The minimum Gasteiger partial charge on any atom is -0.496 e. The molecule has 0 aliphatic rings. The largest absolute Gasteiger partial charge is 0.496 e. The number of benzene rings is 1. The highest BCUT2D eigenvalue weighted by molar-refractivity contribution is 9.10. The predicted molar refractivity (Wildman–Crippen MR) is 76.5 cm³/mol. The Morgan fingerprint density at radius 2 is 2.15 bits per heavy atom. The van der Waals surface area contributed by atoms with Crippen LogP contribution in [0.3, 0.4) is 0 Å². The third-order valence-corrected chi connectivity index (χ3v) is 4.41. The van der Waals surface area contributed by atoms with E-state index < -0.39 is 16.8 Å². The maximum atomic E-state index is 12.1. The summed E-state index contributed by atoms with van der Waals surface area (Å²) >= 11 is 3.35. The van der Waals surface area contributed by atoms with Crippen LogP contribution in [-0.2, 0) is 16.6 Å². The second-order valence-electron chi connectivity index (χ2n) is 3.88. The number of halogens is 1. The van der Waals surface area contributed by atoms with Gasteiger partial charge in [0.25, 0.3) is 0 Å². The van der Waals surface area contributed by atoms with Crippen molar-refractivity contribution in [2.75, 3.05) is 7.11 Å². The van der Waals surface area contributed by atoms with E-state index in [1.54, 1.807) is 25.3 Å². The van der Waals surface area contributed by atoms with Crippen molar-refractivity contribution in [3.63, 3.8) is 0 Å². The molecule has 7 heteroatoms. The summed E-state index contributed by atoms with van der Waals surface area (Å²) in [7, 11) is 0.125. The van der Waals surface area contributed by atoms with Crippen LogP contribution in [0.25, 0.3) is 0 Å². The molecule has 1 heterocycles. The van der Waals surface area contributed by atoms with E-state index in [1.807, 2.05) is 0 Å². The molecule has 0 saturated carbocycles. The second-order valence-corrected chi connectivity index (χ2v) is 6.12. The number of furan rings is 1. The molecule has 0 amide bonds. The highest BCUT2D eigenvalue weighted by Crippen LogP contribution is 2.26. The van der Waals surface area contributed by atoms with Gasteiger partial charge in [0.15, 0.2) is 5.09 Å². The predicted octanol–water partition coefficient (Wildman–Crippen LogP) is 3.06. The minimum absolute atomic E-state index is 0.148. The van der Waals surface area contributed by atoms with Crippen molar-refractivity contribution in [1.29, 1.82) is 0 Å². The van der Waals surface area contributed by atoms with Gasteiger partial charge >= 0.3 is 5.97 Å². The third kappa shape index (κ3) is 3.29. The molecule has 1 unspecified atom stereocenters. The monoisotopic (exact) mass is 358 g/mol. The maximum absolute atomic E-state index is 12.1. The van der Waals surface area contributed by atoms with Crippen molar-refractivity contribution in [2.24, 2.45) is 0 Å². The van der Waals surface area contributed by atoms with E-state index in [0.29, 0.717) is 5.75 Å². The van der Waals surface area contributed by atoms with Crippen molar-refractivity contribution in [3.8, 4) is 5.75 Å². The number of carbonyl (C=O) groups is 1. The molecule has 0 aliphatic carbocycles. The van der Waals surface area contributed by atoms with Crippen molar-refractivity contribution >= 4 is 32.7 Å². The first-order valence-corrected chi connectivity index (χ1v) is 7.66. The van der Waals surface area contributed by atoms with Crippen LogP contribution < -0.4 is 4.74 Å². The van der Waals surface area contributed by atoms with Gasteiger partial charge in [-0.15, -0.1) is 0 Å². The van der Waals surface area contributed by atoms with E-state index in [1.165, 1.54) is 12.1 Å². The fraction of sp³-hybridized carbons (Fsp3) is 0.154. The topological polar surface area (TPSA) is 76.7 Å². The average Bonchev–Trinajstić information content (AvgIpc) is 2.88. The van der Waals surface area contributed by atoms with Crippen LogP contribution >= 0.6 is 15.9 Å². The number of methoxy groups -OCH3 is 1. The number of hydrogen-bond acceptors (Lipinski definition) is 4. The van der Waals surface area contributed by atoms with Gasteiger partial charge in [0.1, 0.15) is 5.75 Å². The zero-order chi connectivity index (χ0) is 14.7. The molecule has 0 aliphatic heterocycles. The van der Waals surface area contributed by atoms with Gasteiger partial charge in [-0.2, -0.15) is 0 Å². The maximum Gasteiger partial charge on any atom is 0.371 e. The molecule has 1 aromatic heterocycles. The fourth-order valence-corrected chi connectivity index (χ4v) is 3.19. The second kappa shape index (κ2) is 6.23. The van der Waals surface area contributed by atoms with Crippen LogP contribution in [0.1, 0.15) is 16.1 Å². The molecule has 1 N–H and O–H groups in total. The fourth-order valence-electron chi connectivity index (χ4n) is 1.58. The van der Waals surface area contributed by atoms with Gasteiger partial charge in [0.05, 0.1) is 28.1 Å². The molecule has 0 bridgehead atoms. The quantitative estimate of drug-likeness (QED) is 0.888. The summed E-state index contributed by atoms with van der Waals surface area (Å²) in [6, 6.07) is 8.07. The molecule has 1 atom stereocenters. The number of carboxylic acid groups (broad SMARTS) is 1. The highest BCUT2D eigenvalue weighted by Gasteiger charge is 2.14. The molecule has 2 aromatic rings. The molecule has 2 rings (SSSR count). The third-order valence-electron chi connectivity index (χ3n) is 2.53. The lowest BCUT2D eigenvalue weighted by molar-refractivity contribution is 0.0656. The van der Waals surface area contributed by atoms with Crippen LogP contribution in [0.5, 0.6) is 5.75 Å². The van der Waals surface area contributed by atoms with Crippen LogP contribution in [0, 0.1) is 0 Å². The van der Waals surface area contributed by atoms with Crippen molar-refractivity contribution in [3.05, 3.63) is 46.1 Å². The molecule has 20 heavy (non-hydrogen) atoms. The molecule has 106 valence electrons. The Morgan fingerprint density at radius 3 is 2.70 bits per heavy atom. The number of aromatic carboxylic acids is 1. The molecule has 0 saturated heterocycles. The summed E-state index contributed by atoms with van der Waals surface area (Å²) in [5.74, 6) is -0.481. The van der Waals surface area contributed by atoms with E-state index >= 15 is 0 Å². The Bertz CT molecular complexity index is 665. The Balaban J connectivity index is 2.14. The lowest BCUT2D eigenvalue weighted by Crippen LogP contribution is -1.97. The van der Waals surface area contributed by atoms with Gasteiger partial charge in [-0.25, -0.2) is 4.79 Å².